The van der Waals surface area contributed by atoms with E-state index in [-0.39, 0.29) is 12.0 Å². The SMILES string of the molecule is [O-]N1[C@@H]2CCC=CC2C1(Cl)Cl. The van der Waals surface area contributed by atoms with Crippen LogP contribution in [0.5, 0.6) is 0 Å². The molecule has 0 amide bonds. The molecule has 0 bridgehead atoms. The fraction of sp³-hybridized carbons (Fsp3) is 0.714. The second kappa shape index (κ2) is 2.36. The Morgan fingerprint density at radius 3 is 2.91 bits per heavy atom. The van der Waals surface area contributed by atoms with Crippen LogP contribution < -0.4 is 0 Å². The lowest BCUT2D eigenvalue weighted by molar-refractivity contribution is 0.0268. The Labute approximate surface area is 75.3 Å². The zero-order valence-corrected chi connectivity index (χ0v) is 7.35. The van der Waals surface area contributed by atoms with Gasteiger partial charge in [-0.15, -0.1) is 0 Å². The van der Waals surface area contributed by atoms with Crippen molar-refractivity contribution in [2.45, 2.75) is 23.3 Å². The summed E-state index contributed by atoms with van der Waals surface area (Å²) in [5, 5.41) is 11.9. The van der Waals surface area contributed by atoms with Crippen molar-refractivity contribution < 1.29 is 0 Å². The quantitative estimate of drug-likeness (QED) is 0.335. The smallest absolute Gasteiger partial charge is 0.168 e. The van der Waals surface area contributed by atoms with Crippen LogP contribution in [0.2, 0.25) is 0 Å². The molecule has 1 saturated heterocycles. The third kappa shape index (κ3) is 0.937. The van der Waals surface area contributed by atoms with Crippen LogP contribution in [0, 0.1) is 11.1 Å². The monoisotopic (exact) mass is 192 g/mol. The molecule has 0 spiro atoms. The third-order valence-electron chi connectivity index (χ3n) is 2.38. The zero-order valence-electron chi connectivity index (χ0n) is 5.84. The molecule has 0 radical (unpaired) electrons. The Kier molecular flexibility index (Phi) is 1.69. The number of hydroxylamine groups is 2. The average molecular weight is 193 g/mol. The number of allylic oxidation sites excluding steroid dienone is 1. The minimum absolute atomic E-state index is 0.0231. The third-order valence-corrected chi connectivity index (χ3v) is 3.22. The maximum absolute atomic E-state index is 11.1. The van der Waals surface area contributed by atoms with E-state index in [1.807, 2.05) is 12.2 Å². The van der Waals surface area contributed by atoms with Crippen LogP contribution in [0.3, 0.4) is 0 Å². The zero-order chi connectivity index (χ0) is 8.06. The molecule has 1 fully saturated rings. The first kappa shape index (κ1) is 7.87. The van der Waals surface area contributed by atoms with Gasteiger partial charge in [0, 0.05) is 12.0 Å². The molecule has 11 heavy (non-hydrogen) atoms. The minimum atomic E-state index is -1.19. The highest BCUT2D eigenvalue weighted by atomic mass is 35.5. The van der Waals surface area contributed by atoms with Gasteiger partial charge in [0.05, 0.1) is 0 Å². The maximum atomic E-state index is 11.1. The molecule has 0 aromatic heterocycles. The first-order chi connectivity index (χ1) is 5.14. The molecule has 0 aromatic carbocycles. The van der Waals surface area contributed by atoms with Crippen molar-refractivity contribution in [3.63, 3.8) is 0 Å². The fourth-order valence-electron chi connectivity index (χ4n) is 1.71. The molecule has 2 rings (SSSR count). The summed E-state index contributed by atoms with van der Waals surface area (Å²) in [6.45, 7) is 0. The van der Waals surface area contributed by atoms with Crippen LogP contribution >= 0.6 is 23.2 Å². The Bertz CT molecular complexity index is 205. The van der Waals surface area contributed by atoms with Crippen molar-refractivity contribution in [2.75, 3.05) is 0 Å². The van der Waals surface area contributed by atoms with Crippen LogP contribution in [-0.4, -0.2) is 15.6 Å². The highest BCUT2D eigenvalue weighted by molar-refractivity contribution is 6.49. The molecule has 2 aliphatic rings. The maximum Gasteiger partial charge on any atom is 0.168 e. The molecule has 1 heterocycles. The second-order valence-corrected chi connectivity index (χ2v) is 4.36. The normalized spacial score (nSPS) is 41.4. The van der Waals surface area contributed by atoms with E-state index in [1.165, 1.54) is 0 Å². The van der Waals surface area contributed by atoms with Crippen molar-refractivity contribution in [2.24, 2.45) is 5.92 Å². The summed E-state index contributed by atoms with van der Waals surface area (Å²) in [5.41, 5.74) is 0. The van der Waals surface area contributed by atoms with E-state index in [0.717, 1.165) is 17.9 Å². The van der Waals surface area contributed by atoms with Crippen molar-refractivity contribution >= 4 is 23.2 Å². The Morgan fingerprint density at radius 1 is 1.55 bits per heavy atom. The van der Waals surface area contributed by atoms with Gasteiger partial charge in [-0.05, 0) is 12.8 Å². The summed E-state index contributed by atoms with van der Waals surface area (Å²) in [5.74, 6) is 0.0390. The summed E-state index contributed by atoms with van der Waals surface area (Å²) >= 11 is 11.5. The fourth-order valence-corrected chi connectivity index (χ4v) is 2.40. The van der Waals surface area contributed by atoms with Crippen LogP contribution in [0.25, 0.3) is 0 Å². The van der Waals surface area contributed by atoms with Gasteiger partial charge >= 0.3 is 0 Å². The summed E-state index contributed by atoms with van der Waals surface area (Å²) in [4.78, 5) is 0. The van der Waals surface area contributed by atoms with Crippen LogP contribution in [0.4, 0.5) is 0 Å². The number of hydrogen-bond donors (Lipinski definition) is 0. The molecule has 62 valence electrons. The Hall–Kier alpha value is 0.240. The molecular weight excluding hydrogens is 185 g/mol. The van der Waals surface area contributed by atoms with E-state index >= 15 is 0 Å². The van der Waals surface area contributed by atoms with Gasteiger partial charge in [-0.3, -0.25) is 0 Å². The number of alkyl halides is 2. The van der Waals surface area contributed by atoms with Crippen molar-refractivity contribution in [1.82, 2.24) is 5.06 Å². The molecular formula is C7H8Cl2NO-. The molecule has 1 unspecified atom stereocenters. The van der Waals surface area contributed by atoms with Gasteiger partial charge in [-0.2, -0.15) is 0 Å². The molecule has 1 aliphatic heterocycles. The van der Waals surface area contributed by atoms with Crippen molar-refractivity contribution in [3.05, 3.63) is 17.4 Å². The summed E-state index contributed by atoms with van der Waals surface area (Å²) in [6.07, 6.45) is 5.83. The highest BCUT2D eigenvalue weighted by Gasteiger charge is 2.52. The number of rotatable bonds is 0. The first-order valence-electron chi connectivity index (χ1n) is 3.65. The summed E-state index contributed by atoms with van der Waals surface area (Å²) in [6, 6.07) is 0.0231. The van der Waals surface area contributed by atoms with Gasteiger partial charge in [0.1, 0.15) is 0 Å². The van der Waals surface area contributed by atoms with Gasteiger partial charge in [0.25, 0.3) is 0 Å². The number of nitrogens with zero attached hydrogens (tertiary/aromatic N) is 1. The number of fused-ring (bicyclic) bond motifs is 1. The Morgan fingerprint density at radius 2 is 2.27 bits per heavy atom. The number of halogens is 2. The van der Waals surface area contributed by atoms with E-state index in [2.05, 4.69) is 0 Å². The van der Waals surface area contributed by atoms with Crippen molar-refractivity contribution in [3.8, 4) is 0 Å². The van der Waals surface area contributed by atoms with Gasteiger partial charge in [-0.25, -0.2) is 0 Å². The first-order valence-corrected chi connectivity index (χ1v) is 4.40. The van der Waals surface area contributed by atoms with Crippen LogP contribution in [0.1, 0.15) is 12.8 Å². The lowest BCUT2D eigenvalue weighted by Gasteiger charge is -2.62. The van der Waals surface area contributed by atoms with Gasteiger partial charge < -0.3 is 10.3 Å². The van der Waals surface area contributed by atoms with E-state index in [0.29, 0.717) is 0 Å². The summed E-state index contributed by atoms with van der Waals surface area (Å²) in [7, 11) is 0. The van der Waals surface area contributed by atoms with Crippen molar-refractivity contribution in [1.29, 1.82) is 0 Å². The van der Waals surface area contributed by atoms with Gasteiger partial charge in [-0.1, -0.05) is 35.4 Å². The number of hydrogen-bond acceptors (Lipinski definition) is 2. The predicted molar refractivity (Wildman–Crippen MR) is 45.3 cm³/mol. The van der Waals surface area contributed by atoms with E-state index < -0.39 is 4.46 Å². The Balaban J connectivity index is 2.20. The van der Waals surface area contributed by atoms with E-state index in [4.69, 9.17) is 23.2 Å². The minimum Gasteiger partial charge on any atom is -0.783 e. The standard InChI is InChI=1S/C7H8Cl2NO/c8-7(9)5-3-1-2-4-6(5)10(7)11/h1,3,5-6H,2,4H2/q-1/t5?,6-/m1/s1. The average Bonchev–Trinajstić information content (AvgIpc) is 2.04. The molecule has 2 atom stereocenters. The van der Waals surface area contributed by atoms with E-state index in [1.54, 1.807) is 0 Å². The largest absolute Gasteiger partial charge is 0.783 e. The second-order valence-electron chi connectivity index (χ2n) is 3.01. The van der Waals surface area contributed by atoms with Crippen LogP contribution in [-0.2, 0) is 0 Å². The van der Waals surface area contributed by atoms with E-state index in [9.17, 15) is 5.21 Å². The van der Waals surface area contributed by atoms with Crippen LogP contribution in [0.15, 0.2) is 12.2 Å². The molecule has 4 heteroatoms. The topological polar surface area (TPSA) is 26.3 Å². The molecule has 2 nitrogen and oxygen atoms in total. The van der Waals surface area contributed by atoms with Gasteiger partial charge in [0.15, 0.2) is 4.46 Å². The molecule has 0 N–H and O–H groups in total. The lowest BCUT2D eigenvalue weighted by Crippen LogP contribution is -2.64. The highest BCUT2D eigenvalue weighted by Crippen LogP contribution is 2.51. The summed E-state index contributed by atoms with van der Waals surface area (Å²) < 4.78 is -1.19. The van der Waals surface area contributed by atoms with Gasteiger partial charge in [0.2, 0.25) is 0 Å². The molecule has 0 saturated carbocycles. The molecule has 0 aromatic rings. The molecule has 1 aliphatic carbocycles. The predicted octanol–water partition coefficient (Wildman–Crippen LogP) is 2.27. The lowest BCUT2D eigenvalue weighted by atomic mass is 9.82.